The van der Waals surface area contributed by atoms with Crippen LogP contribution in [0.4, 0.5) is 0 Å². The first-order chi connectivity index (χ1) is 15.2. The summed E-state index contributed by atoms with van der Waals surface area (Å²) in [4.78, 5) is 26.1. The number of aldehydes is 1. The van der Waals surface area contributed by atoms with E-state index in [0.29, 0.717) is 35.8 Å². The number of fused-ring (bicyclic) bond motifs is 1. The average Bonchev–Trinajstić information content (AvgIpc) is 3.16. The molecule has 3 rings (SSSR count). The first-order valence-corrected chi connectivity index (χ1v) is 12.3. The summed E-state index contributed by atoms with van der Waals surface area (Å²) >= 11 is 0. The van der Waals surface area contributed by atoms with Gasteiger partial charge in [0.2, 0.25) is 5.78 Å². The van der Waals surface area contributed by atoms with Crippen LogP contribution in [-0.2, 0) is 32.5 Å². The molecule has 1 aliphatic heterocycles. The van der Waals surface area contributed by atoms with Gasteiger partial charge in [0.1, 0.15) is 15.9 Å². The highest BCUT2D eigenvalue weighted by molar-refractivity contribution is 7.90. The molecule has 1 aliphatic rings. The number of Topliss-reactive ketones (excluding diaryl/α,β-unsaturated/α-hetero) is 1. The van der Waals surface area contributed by atoms with Gasteiger partial charge in [-0.1, -0.05) is 24.3 Å². The molecule has 0 aliphatic carbocycles. The number of methoxy groups -OCH3 is 1. The van der Waals surface area contributed by atoms with Gasteiger partial charge in [-0.15, -0.1) is 0 Å². The SMILES string of the molecule is CCOc1cc(C(CS(C)(=O)=O)N2Cc3cccc(CN)c3C2C(=O)C=O)ccc1OC. The Bertz CT molecular complexity index is 1120. The summed E-state index contributed by atoms with van der Waals surface area (Å²) in [5.41, 5.74) is 8.84. The lowest BCUT2D eigenvalue weighted by Gasteiger charge is -2.32. The van der Waals surface area contributed by atoms with Gasteiger partial charge in [-0.3, -0.25) is 14.5 Å². The van der Waals surface area contributed by atoms with E-state index < -0.39 is 27.7 Å². The van der Waals surface area contributed by atoms with Crippen molar-refractivity contribution in [3.63, 3.8) is 0 Å². The number of hydrogen-bond acceptors (Lipinski definition) is 8. The van der Waals surface area contributed by atoms with Crippen molar-refractivity contribution in [3.8, 4) is 11.5 Å². The van der Waals surface area contributed by atoms with Crippen molar-refractivity contribution >= 4 is 21.9 Å². The molecule has 2 atom stereocenters. The van der Waals surface area contributed by atoms with Crippen LogP contribution in [-0.4, -0.2) is 51.1 Å². The number of hydrogen-bond donors (Lipinski definition) is 1. The van der Waals surface area contributed by atoms with Crippen molar-refractivity contribution in [2.45, 2.75) is 32.1 Å². The zero-order chi connectivity index (χ0) is 23.5. The van der Waals surface area contributed by atoms with Gasteiger partial charge in [0.15, 0.2) is 17.8 Å². The molecule has 32 heavy (non-hydrogen) atoms. The van der Waals surface area contributed by atoms with Crippen molar-refractivity contribution < 1.29 is 27.5 Å². The van der Waals surface area contributed by atoms with E-state index >= 15 is 0 Å². The van der Waals surface area contributed by atoms with E-state index in [9.17, 15) is 18.0 Å². The second kappa shape index (κ2) is 9.81. The molecule has 0 aromatic heterocycles. The number of sulfone groups is 1. The lowest BCUT2D eigenvalue weighted by Crippen LogP contribution is -2.36. The topological polar surface area (TPSA) is 116 Å². The monoisotopic (exact) mass is 460 g/mol. The van der Waals surface area contributed by atoms with E-state index in [0.717, 1.165) is 17.4 Å². The quantitative estimate of drug-likeness (QED) is 0.423. The van der Waals surface area contributed by atoms with Crippen LogP contribution in [0.1, 0.15) is 41.3 Å². The van der Waals surface area contributed by atoms with Crippen LogP contribution < -0.4 is 15.2 Å². The molecule has 2 aromatic rings. The second-order valence-electron chi connectivity index (χ2n) is 7.74. The molecule has 8 nitrogen and oxygen atoms in total. The molecule has 2 unspecified atom stereocenters. The number of ketones is 1. The minimum Gasteiger partial charge on any atom is -0.493 e. The highest BCUT2D eigenvalue weighted by atomic mass is 32.2. The van der Waals surface area contributed by atoms with Gasteiger partial charge in [-0.25, -0.2) is 8.42 Å². The molecule has 0 amide bonds. The van der Waals surface area contributed by atoms with Crippen molar-refractivity contribution in [1.29, 1.82) is 0 Å². The van der Waals surface area contributed by atoms with Crippen molar-refractivity contribution in [2.24, 2.45) is 5.73 Å². The summed E-state index contributed by atoms with van der Waals surface area (Å²) in [5, 5.41) is 0. The van der Waals surface area contributed by atoms with Crippen LogP contribution in [0.2, 0.25) is 0 Å². The highest BCUT2D eigenvalue weighted by Crippen LogP contribution is 2.43. The number of nitrogens with two attached hydrogens (primary N) is 1. The lowest BCUT2D eigenvalue weighted by atomic mass is 9.95. The third-order valence-corrected chi connectivity index (χ3v) is 6.50. The Kier molecular flexibility index (Phi) is 7.33. The van der Waals surface area contributed by atoms with Crippen LogP contribution in [0, 0.1) is 0 Å². The number of rotatable bonds is 10. The summed E-state index contributed by atoms with van der Waals surface area (Å²) in [6.45, 7) is 2.75. The van der Waals surface area contributed by atoms with Crippen LogP contribution in [0.15, 0.2) is 36.4 Å². The van der Waals surface area contributed by atoms with E-state index in [1.165, 1.54) is 7.11 Å². The Morgan fingerprint density at radius 2 is 2.03 bits per heavy atom. The van der Waals surface area contributed by atoms with Gasteiger partial charge in [-0.05, 0) is 41.3 Å². The van der Waals surface area contributed by atoms with E-state index in [1.54, 1.807) is 23.1 Å². The largest absolute Gasteiger partial charge is 0.493 e. The second-order valence-corrected chi connectivity index (χ2v) is 9.93. The predicted molar refractivity (Wildman–Crippen MR) is 120 cm³/mol. The zero-order valence-electron chi connectivity index (χ0n) is 18.4. The molecule has 0 saturated carbocycles. The molecule has 2 aromatic carbocycles. The highest BCUT2D eigenvalue weighted by Gasteiger charge is 2.42. The Labute approximate surface area is 188 Å². The summed E-state index contributed by atoms with van der Waals surface area (Å²) < 4.78 is 35.8. The smallest absolute Gasteiger partial charge is 0.216 e. The number of ether oxygens (including phenoxy) is 2. The van der Waals surface area contributed by atoms with E-state index in [1.807, 2.05) is 25.1 Å². The molecule has 0 spiro atoms. The van der Waals surface area contributed by atoms with Crippen LogP contribution in [0.25, 0.3) is 0 Å². The first-order valence-electron chi connectivity index (χ1n) is 10.3. The van der Waals surface area contributed by atoms with Crippen molar-refractivity contribution in [1.82, 2.24) is 4.90 Å². The van der Waals surface area contributed by atoms with Crippen LogP contribution >= 0.6 is 0 Å². The minimum absolute atomic E-state index is 0.202. The summed E-state index contributed by atoms with van der Waals surface area (Å²) in [6.07, 6.45) is 1.44. The molecule has 0 bridgehead atoms. The maximum Gasteiger partial charge on any atom is 0.216 e. The summed E-state index contributed by atoms with van der Waals surface area (Å²) in [5.74, 6) is 0.120. The summed E-state index contributed by atoms with van der Waals surface area (Å²) in [6, 6.07) is 9.13. The van der Waals surface area contributed by atoms with Gasteiger partial charge in [-0.2, -0.15) is 0 Å². The predicted octanol–water partition coefficient (Wildman–Crippen LogP) is 1.96. The molecule has 1 heterocycles. The molecule has 2 N–H and O–H groups in total. The van der Waals surface area contributed by atoms with Gasteiger partial charge in [0.05, 0.1) is 25.5 Å². The van der Waals surface area contributed by atoms with E-state index in [2.05, 4.69) is 0 Å². The van der Waals surface area contributed by atoms with Gasteiger partial charge < -0.3 is 15.2 Å². The van der Waals surface area contributed by atoms with Crippen molar-refractivity contribution in [3.05, 3.63) is 58.7 Å². The van der Waals surface area contributed by atoms with Crippen molar-refractivity contribution in [2.75, 3.05) is 25.7 Å². The molecular weight excluding hydrogens is 432 g/mol. The molecule has 0 saturated heterocycles. The van der Waals surface area contributed by atoms with Gasteiger partial charge in [0, 0.05) is 19.3 Å². The lowest BCUT2D eigenvalue weighted by molar-refractivity contribution is -0.134. The molecule has 172 valence electrons. The zero-order valence-corrected chi connectivity index (χ0v) is 19.2. The third kappa shape index (κ3) is 4.85. The molecule has 0 fully saturated rings. The summed E-state index contributed by atoms with van der Waals surface area (Å²) in [7, 11) is -1.92. The number of nitrogens with zero attached hydrogens (tertiary/aromatic N) is 1. The fourth-order valence-corrected chi connectivity index (χ4v) is 5.24. The molecular formula is C23H28N2O6S. The standard InChI is InChI=1S/C23H28N2O6S/c1-4-31-21-10-15(8-9-20(21)30-2)18(14-32(3,28)29)25-12-17-7-5-6-16(11-24)22(17)23(25)19(27)13-26/h5-10,13,18,23H,4,11-12,14,24H2,1-3H3. The average molecular weight is 461 g/mol. The van der Waals surface area contributed by atoms with Crippen LogP contribution in [0.5, 0.6) is 11.5 Å². The molecule has 0 radical (unpaired) electrons. The van der Waals surface area contributed by atoms with Gasteiger partial charge in [0.25, 0.3) is 0 Å². The number of carbonyl (C=O) groups is 2. The van der Waals surface area contributed by atoms with Gasteiger partial charge >= 0.3 is 0 Å². The molecule has 9 heteroatoms. The Morgan fingerprint density at radius 1 is 1.28 bits per heavy atom. The maximum absolute atomic E-state index is 12.8. The number of benzene rings is 2. The van der Waals surface area contributed by atoms with E-state index in [4.69, 9.17) is 15.2 Å². The Hall–Kier alpha value is -2.75. The Balaban J connectivity index is 2.16. The van der Waals surface area contributed by atoms with Crippen LogP contribution in [0.3, 0.4) is 0 Å². The van der Waals surface area contributed by atoms with E-state index in [-0.39, 0.29) is 18.6 Å². The third-order valence-electron chi connectivity index (χ3n) is 5.58. The maximum atomic E-state index is 12.8. The fraction of sp³-hybridized carbons (Fsp3) is 0.391. The first kappa shape index (κ1) is 23.9. The fourth-order valence-electron chi connectivity index (χ4n) is 4.29. The Morgan fingerprint density at radius 3 is 2.62 bits per heavy atom. The number of carbonyl (C=O) groups excluding carboxylic acids is 2. The normalized spacial score (nSPS) is 16.9. The minimum atomic E-state index is -3.45.